The van der Waals surface area contributed by atoms with Gasteiger partial charge in [0.05, 0.1) is 21.8 Å². The Morgan fingerprint density at radius 1 is 0.970 bits per heavy atom. The van der Waals surface area contributed by atoms with Crippen LogP contribution in [0.25, 0.3) is 0 Å². The van der Waals surface area contributed by atoms with Gasteiger partial charge in [-0.2, -0.15) is 5.10 Å². The number of nitrogens with zero attached hydrogens (tertiary/aromatic N) is 2. The summed E-state index contributed by atoms with van der Waals surface area (Å²) in [6.45, 7) is 5.23. The maximum Gasteiger partial charge on any atom is 0.264 e. The minimum atomic E-state index is -4.00. The molecule has 3 aromatic carbocycles. The zero-order chi connectivity index (χ0) is 24.2. The van der Waals surface area contributed by atoms with E-state index in [2.05, 4.69) is 10.5 Å². The first-order valence-electron chi connectivity index (χ1n) is 10.0. The van der Waals surface area contributed by atoms with Gasteiger partial charge in [0.25, 0.3) is 15.9 Å². The lowest BCUT2D eigenvalue weighted by Gasteiger charge is -2.24. The molecule has 0 aliphatic heterocycles. The van der Waals surface area contributed by atoms with Crippen LogP contribution in [0, 0.1) is 20.8 Å². The Bertz CT molecular complexity index is 1310. The molecule has 0 radical (unpaired) electrons. The molecule has 172 valence electrons. The third kappa shape index (κ3) is 6.13. The van der Waals surface area contributed by atoms with Gasteiger partial charge in [0.1, 0.15) is 6.54 Å². The van der Waals surface area contributed by atoms with Crippen molar-refractivity contribution in [3.05, 3.63) is 93.0 Å². The van der Waals surface area contributed by atoms with Crippen LogP contribution in [-0.4, -0.2) is 27.1 Å². The molecule has 0 saturated heterocycles. The van der Waals surface area contributed by atoms with Gasteiger partial charge in [-0.25, -0.2) is 13.8 Å². The summed E-state index contributed by atoms with van der Waals surface area (Å²) in [5.41, 5.74) is 6.16. The van der Waals surface area contributed by atoms with Crippen molar-refractivity contribution in [1.29, 1.82) is 0 Å². The van der Waals surface area contributed by atoms with E-state index < -0.39 is 22.5 Å². The molecule has 0 aliphatic rings. The Hall–Kier alpha value is -2.87. The van der Waals surface area contributed by atoms with Crippen LogP contribution in [0.15, 0.2) is 70.7 Å². The largest absolute Gasteiger partial charge is 0.271 e. The predicted molar refractivity (Wildman–Crippen MR) is 134 cm³/mol. The van der Waals surface area contributed by atoms with E-state index in [9.17, 15) is 13.2 Å². The van der Waals surface area contributed by atoms with E-state index in [1.165, 1.54) is 18.3 Å². The highest BCUT2D eigenvalue weighted by molar-refractivity contribution is 7.92. The van der Waals surface area contributed by atoms with E-state index in [4.69, 9.17) is 23.2 Å². The van der Waals surface area contributed by atoms with Crippen molar-refractivity contribution in [1.82, 2.24) is 5.43 Å². The van der Waals surface area contributed by atoms with Crippen LogP contribution in [0.2, 0.25) is 10.0 Å². The zero-order valence-corrected chi connectivity index (χ0v) is 20.7. The van der Waals surface area contributed by atoms with Crippen molar-refractivity contribution in [3.63, 3.8) is 0 Å². The normalized spacial score (nSPS) is 11.5. The molecule has 0 spiro atoms. The maximum atomic E-state index is 13.4. The summed E-state index contributed by atoms with van der Waals surface area (Å²) < 4.78 is 27.9. The summed E-state index contributed by atoms with van der Waals surface area (Å²) in [6, 6.07) is 16.6. The number of amides is 1. The number of carbonyl (C=O) groups is 1. The second-order valence-corrected chi connectivity index (χ2v) is 10.3. The molecule has 0 aromatic heterocycles. The van der Waals surface area contributed by atoms with Gasteiger partial charge in [-0.3, -0.25) is 9.10 Å². The third-order valence-corrected chi connectivity index (χ3v) is 7.38. The molecule has 0 unspecified atom stereocenters. The van der Waals surface area contributed by atoms with Gasteiger partial charge in [-0.05, 0) is 68.3 Å². The second-order valence-electron chi connectivity index (χ2n) is 7.55. The van der Waals surface area contributed by atoms with E-state index in [0.29, 0.717) is 21.3 Å². The summed E-state index contributed by atoms with van der Waals surface area (Å²) in [5, 5.41) is 4.76. The first-order chi connectivity index (χ1) is 15.6. The minimum absolute atomic E-state index is 0.0931. The first kappa shape index (κ1) is 24.8. The number of aryl methyl sites for hydroxylation is 3. The van der Waals surface area contributed by atoms with E-state index in [1.54, 1.807) is 42.5 Å². The molecule has 9 heteroatoms. The molecule has 1 N–H and O–H groups in total. The van der Waals surface area contributed by atoms with Crippen LogP contribution < -0.4 is 9.73 Å². The molecule has 3 aromatic rings. The van der Waals surface area contributed by atoms with Gasteiger partial charge in [-0.15, -0.1) is 0 Å². The quantitative estimate of drug-likeness (QED) is 0.352. The molecule has 3 rings (SSSR count). The van der Waals surface area contributed by atoms with Crippen LogP contribution in [0.4, 0.5) is 5.69 Å². The lowest BCUT2D eigenvalue weighted by molar-refractivity contribution is -0.119. The van der Waals surface area contributed by atoms with Crippen molar-refractivity contribution in [2.45, 2.75) is 25.7 Å². The maximum absolute atomic E-state index is 13.4. The monoisotopic (exact) mass is 503 g/mol. The van der Waals surface area contributed by atoms with Crippen molar-refractivity contribution in [2.24, 2.45) is 5.10 Å². The molecule has 0 saturated carbocycles. The van der Waals surface area contributed by atoms with E-state index in [0.717, 1.165) is 21.0 Å². The number of hydrogen-bond acceptors (Lipinski definition) is 4. The smallest absolute Gasteiger partial charge is 0.264 e. The van der Waals surface area contributed by atoms with Crippen molar-refractivity contribution < 1.29 is 13.2 Å². The summed E-state index contributed by atoms with van der Waals surface area (Å²) >= 11 is 12.0. The lowest BCUT2D eigenvalue weighted by Crippen LogP contribution is -2.39. The van der Waals surface area contributed by atoms with E-state index in [-0.39, 0.29) is 4.90 Å². The van der Waals surface area contributed by atoms with E-state index in [1.807, 2.05) is 26.8 Å². The van der Waals surface area contributed by atoms with Gasteiger partial charge in [0.15, 0.2) is 0 Å². The lowest BCUT2D eigenvalue weighted by atomic mass is 10.1. The highest BCUT2D eigenvalue weighted by Gasteiger charge is 2.27. The van der Waals surface area contributed by atoms with Crippen molar-refractivity contribution in [2.75, 3.05) is 10.8 Å². The number of carbonyl (C=O) groups excluding carboxylic acids is 1. The van der Waals surface area contributed by atoms with Gasteiger partial charge < -0.3 is 0 Å². The van der Waals surface area contributed by atoms with Crippen LogP contribution in [0.1, 0.15) is 22.3 Å². The molecular weight excluding hydrogens is 481 g/mol. The molecule has 0 atom stereocenters. The Labute approximate surface area is 203 Å². The summed E-state index contributed by atoms with van der Waals surface area (Å²) in [6.07, 6.45) is 1.37. The Kier molecular flexibility index (Phi) is 7.79. The standard InChI is InChI=1S/C24H23Cl2N3O3S/c1-16-4-10-22(11-5-16)33(31,32)29(21-9-6-17(2)18(3)12-21)15-24(30)28-27-14-19-7-8-20(25)13-23(19)26/h4-14H,15H2,1-3H3,(H,28,30)/b27-14-. The third-order valence-electron chi connectivity index (χ3n) is 5.03. The summed E-state index contributed by atoms with van der Waals surface area (Å²) in [4.78, 5) is 12.7. The second kappa shape index (κ2) is 10.4. The molecule has 0 heterocycles. The topological polar surface area (TPSA) is 78.8 Å². The molecule has 0 aliphatic carbocycles. The van der Waals surface area contributed by atoms with Gasteiger partial charge >= 0.3 is 0 Å². The number of rotatable bonds is 7. The number of halogens is 2. The Morgan fingerprint density at radius 3 is 2.30 bits per heavy atom. The first-order valence-corrected chi connectivity index (χ1v) is 12.2. The van der Waals surface area contributed by atoms with Crippen LogP contribution >= 0.6 is 23.2 Å². The molecule has 1 amide bonds. The fraction of sp³-hybridized carbons (Fsp3) is 0.167. The Morgan fingerprint density at radius 2 is 1.67 bits per heavy atom. The van der Waals surface area contributed by atoms with Crippen LogP contribution in [-0.2, 0) is 14.8 Å². The van der Waals surface area contributed by atoms with Gasteiger partial charge in [0.2, 0.25) is 0 Å². The summed E-state index contributed by atoms with van der Waals surface area (Å²) in [7, 11) is -4.00. The Balaban J connectivity index is 1.87. The molecule has 6 nitrogen and oxygen atoms in total. The van der Waals surface area contributed by atoms with Crippen molar-refractivity contribution in [3.8, 4) is 0 Å². The zero-order valence-electron chi connectivity index (χ0n) is 18.3. The number of hydrogen-bond donors (Lipinski definition) is 1. The van der Waals surface area contributed by atoms with Crippen LogP contribution in [0.3, 0.4) is 0 Å². The number of benzene rings is 3. The fourth-order valence-electron chi connectivity index (χ4n) is 2.98. The molecule has 0 fully saturated rings. The predicted octanol–water partition coefficient (Wildman–Crippen LogP) is 5.26. The molecular formula is C24H23Cl2N3O3S. The van der Waals surface area contributed by atoms with Gasteiger partial charge in [0, 0.05) is 10.6 Å². The average Bonchev–Trinajstić information content (AvgIpc) is 2.76. The SMILES string of the molecule is Cc1ccc(S(=O)(=O)N(CC(=O)N/N=C\c2ccc(Cl)cc2Cl)c2ccc(C)c(C)c2)cc1. The van der Waals surface area contributed by atoms with Crippen molar-refractivity contribution >= 4 is 51.0 Å². The van der Waals surface area contributed by atoms with E-state index >= 15 is 0 Å². The fourth-order valence-corrected chi connectivity index (χ4v) is 4.85. The number of anilines is 1. The number of sulfonamides is 1. The highest BCUT2D eigenvalue weighted by atomic mass is 35.5. The number of hydrazone groups is 1. The summed E-state index contributed by atoms with van der Waals surface area (Å²) in [5.74, 6) is -0.606. The van der Waals surface area contributed by atoms with Gasteiger partial charge in [-0.1, -0.05) is 53.0 Å². The molecule has 0 bridgehead atoms. The highest BCUT2D eigenvalue weighted by Crippen LogP contribution is 2.26. The minimum Gasteiger partial charge on any atom is -0.271 e. The average molecular weight is 504 g/mol. The number of nitrogens with one attached hydrogen (secondary N) is 1. The molecule has 33 heavy (non-hydrogen) atoms. The van der Waals surface area contributed by atoms with Crippen LogP contribution in [0.5, 0.6) is 0 Å².